The Morgan fingerprint density at radius 1 is 1.05 bits per heavy atom. The third kappa shape index (κ3) is 3.03. The van der Waals surface area contributed by atoms with Gasteiger partial charge in [-0.15, -0.1) is 0 Å². The summed E-state index contributed by atoms with van der Waals surface area (Å²) in [5.41, 5.74) is 0.293. The molecule has 2 N–H and O–H groups in total. The summed E-state index contributed by atoms with van der Waals surface area (Å²) in [6, 6.07) is 11.4. The van der Waals surface area contributed by atoms with Crippen LogP contribution < -0.4 is 4.72 Å². The molecule has 0 spiro atoms. The van der Waals surface area contributed by atoms with Crippen LogP contribution in [-0.4, -0.2) is 19.6 Å². The Bertz CT molecular complexity index is 763. The fourth-order valence-corrected chi connectivity index (χ4v) is 2.77. The highest BCUT2D eigenvalue weighted by molar-refractivity contribution is 7.92. The normalized spacial score (nSPS) is 10.6. The zero-order chi connectivity index (χ0) is 14.6. The highest BCUT2D eigenvalue weighted by Gasteiger charge is 2.18. The van der Waals surface area contributed by atoms with Gasteiger partial charge in [-0.2, -0.15) is 4.99 Å². The van der Waals surface area contributed by atoms with Crippen molar-refractivity contribution in [3.63, 3.8) is 0 Å². The minimum atomic E-state index is -3.88. The molecule has 0 aliphatic carbocycles. The Morgan fingerprint density at radius 3 is 2.35 bits per heavy atom. The highest BCUT2D eigenvalue weighted by Crippen LogP contribution is 2.26. The number of aliphatic imine (C=N–C) groups is 1. The first-order valence-corrected chi connectivity index (χ1v) is 7.00. The minimum absolute atomic E-state index is 0.00813. The van der Waals surface area contributed by atoms with E-state index in [1.54, 1.807) is 6.07 Å². The zero-order valence-electron chi connectivity index (χ0n) is 10.1. The molecule has 2 aromatic rings. The van der Waals surface area contributed by atoms with Crippen molar-refractivity contribution in [3.05, 3.63) is 48.5 Å². The molecular weight excluding hydrogens is 280 g/mol. The molecular formula is C13H10N2O4S. The zero-order valence-corrected chi connectivity index (χ0v) is 11.0. The minimum Gasteiger partial charge on any atom is -0.508 e. The van der Waals surface area contributed by atoms with E-state index in [0.717, 1.165) is 0 Å². The van der Waals surface area contributed by atoms with Gasteiger partial charge in [-0.05, 0) is 36.4 Å². The summed E-state index contributed by atoms with van der Waals surface area (Å²) < 4.78 is 26.8. The highest BCUT2D eigenvalue weighted by atomic mass is 32.2. The second-order valence-electron chi connectivity index (χ2n) is 3.82. The first-order valence-electron chi connectivity index (χ1n) is 5.52. The lowest BCUT2D eigenvalue weighted by molar-refractivity contribution is 0.475. The van der Waals surface area contributed by atoms with Gasteiger partial charge < -0.3 is 5.11 Å². The molecule has 20 heavy (non-hydrogen) atoms. The van der Waals surface area contributed by atoms with Crippen LogP contribution in [0.25, 0.3) is 0 Å². The number of carbonyl (C=O) groups excluding carboxylic acids is 1. The average molecular weight is 290 g/mol. The number of hydrogen-bond donors (Lipinski definition) is 2. The Kier molecular flexibility index (Phi) is 3.84. The van der Waals surface area contributed by atoms with Gasteiger partial charge in [-0.25, -0.2) is 13.2 Å². The average Bonchev–Trinajstić information content (AvgIpc) is 2.42. The first-order chi connectivity index (χ1) is 9.53. The third-order valence-corrected chi connectivity index (χ3v) is 3.87. The van der Waals surface area contributed by atoms with E-state index >= 15 is 0 Å². The van der Waals surface area contributed by atoms with Gasteiger partial charge in [0.1, 0.15) is 10.6 Å². The molecule has 0 heterocycles. The van der Waals surface area contributed by atoms with Crippen LogP contribution in [0.1, 0.15) is 0 Å². The summed E-state index contributed by atoms with van der Waals surface area (Å²) in [6.07, 6.45) is 1.32. The van der Waals surface area contributed by atoms with Gasteiger partial charge in [0.05, 0.1) is 5.69 Å². The molecule has 0 aromatic heterocycles. The van der Waals surface area contributed by atoms with Crippen molar-refractivity contribution < 1.29 is 18.3 Å². The summed E-state index contributed by atoms with van der Waals surface area (Å²) in [6.45, 7) is 0. The summed E-state index contributed by atoms with van der Waals surface area (Å²) in [5, 5.41) is 9.15. The number of nitrogens with one attached hydrogen (secondary N) is 1. The fourth-order valence-electron chi connectivity index (χ4n) is 1.57. The van der Waals surface area contributed by atoms with Crippen LogP contribution in [0.3, 0.4) is 0 Å². The van der Waals surface area contributed by atoms with Gasteiger partial charge in [-0.1, -0.05) is 12.1 Å². The van der Waals surface area contributed by atoms with E-state index < -0.39 is 10.0 Å². The third-order valence-electron chi connectivity index (χ3n) is 2.44. The molecule has 0 saturated heterocycles. The van der Waals surface area contributed by atoms with Crippen molar-refractivity contribution in [3.8, 4) is 5.75 Å². The van der Waals surface area contributed by atoms with Crippen LogP contribution >= 0.6 is 0 Å². The number of nitrogens with zero attached hydrogens (tertiary/aromatic N) is 1. The van der Waals surface area contributed by atoms with Gasteiger partial charge in [0.15, 0.2) is 0 Å². The smallest absolute Gasteiger partial charge is 0.264 e. The van der Waals surface area contributed by atoms with E-state index in [1.807, 2.05) is 0 Å². The molecule has 0 fully saturated rings. The number of hydrogen-bond acceptors (Lipinski definition) is 5. The molecule has 0 atom stereocenters. The molecule has 2 aromatic carbocycles. The molecule has 7 heteroatoms. The van der Waals surface area contributed by atoms with Crippen LogP contribution in [0, 0.1) is 0 Å². The van der Waals surface area contributed by atoms with Crippen LogP contribution in [-0.2, 0) is 14.8 Å². The maximum atomic E-state index is 12.2. The van der Waals surface area contributed by atoms with E-state index in [1.165, 1.54) is 48.5 Å². The van der Waals surface area contributed by atoms with Crippen molar-refractivity contribution >= 4 is 27.5 Å². The van der Waals surface area contributed by atoms with Crippen molar-refractivity contribution in [2.75, 3.05) is 4.72 Å². The number of anilines is 1. The van der Waals surface area contributed by atoms with Crippen molar-refractivity contribution in [1.82, 2.24) is 0 Å². The number of benzene rings is 2. The first kappa shape index (κ1) is 13.8. The van der Waals surface area contributed by atoms with Crippen molar-refractivity contribution in [1.29, 1.82) is 0 Å². The molecule has 0 aliphatic heterocycles. The lowest BCUT2D eigenvalue weighted by Crippen LogP contribution is -2.13. The number of sulfonamides is 1. The Morgan fingerprint density at radius 2 is 1.70 bits per heavy atom. The van der Waals surface area contributed by atoms with Gasteiger partial charge in [0, 0.05) is 5.69 Å². The number of aromatic hydroxyl groups is 1. The summed E-state index contributed by atoms with van der Waals surface area (Å²) >= 11 is 0. The lowest BCUT2D eigenvalue weighted by Gasteiger charge is -2.09. The molecule has 6 nitrogen and oxygen atoms in total. The standard InChI is InChI=1S/C13H10N2O4S/c16-9-14-12-3-1-2-4-13(12)20(18,19)15-10-5-7-11(17)8-6-10/h1-8,15,17H. The largest absolute Gasteiger partial charge is 0.508 e. The molecule has 0 amide bonds. The number of para-hydroxylation sites is 1. The molecule has 0 unspecified atom stereocenters. The van der Waals surface area contributed by atoms with Crippen LogP contribution in [0.2, 0.25) is 0 Å². The summed E-state index contributed by atoms with van der Waals surface area (Å²) in [5.74, 6) is 0.0268. The van der Waals surface area contributed by atoms with Gasteiger partial charge in [-0.3, -0.25) is 4.72 Å². The van der Waals surface area contributed by atoms with E-state index in [2.05, 4.69) is 9.71 Å². The van der Waals surface area contributed by atoms with Crippen LogP contribution in [0.4, 0.5) is 11.4 Å². The Hall–Kier alpha value is -2.63. The molecule has 0 aliphatic rings. The van der Waals surface area contributed by atoms with Crippen LogP contribution in [0.15, 0.2) is 58.4 Å². The SMILES string of the molecule is O=C=Nc1ccccc1S(=O)(=O)Nc1ccc(O)cc1. The predicted molar refractivity (Wildman–Crippen MR) is 73.1 cm³/mol. The monoisotopic (exact) mass is 290 g/mol. The Labute approximate surface area is 115 Å². The van der Waals surface area contributed by atoms with E-state index in [-0.39, 0.29) is 22.0 Å². The summed E-state index contributed by atoms with van der Waals surface area (Å²) in [4.78, 5) is 13.6. The number of phenolic OH excluding ortho intramolecular Hbond substituents is 1. The predicted octanol–water partition coefficient (Wildman–Crippen LogP) is 2.16. The maximum Gasteiger partial charge on any atom is 0.264 e. The number of phenols is 1. The Balaban J connectivity index is 2.40. The quantitative estimate of drug-likeness (QED) is 0.512. The van der Waals surface area contributed by atoms with E-state index in [4.69, 9.17) is 5.11 Å². The maximum absolute atomic E-state index is 12.2. The molecule has 2 rings (SSSR count). The van der Waals surface area contributed by atoms with Crippen molar-refractivity contribution in [2.45, 2.75) is 4.90 Å². The van der Waals surface area contributed by atoms with E-state index in [0.29, 0.717) is 0 Å². The van der Waals surface area contributed by atoms with Crippen LogP contribution in [0.5, 0.6) is 5.75 Å². The van der Waals surface area contributed by atoms with Gasteiger partial charge in [0.25, 0.3) is 10.0 Å². The van der Waals surface area contributed by atoms with Gasteiger partial charge in [0.2, 0.25) is 6.08 Å². The van der Waals surface area contributed by atoms with E-state index in [9.17, 15) is 13.2 Å². The van der Waals surface area contributed by atoms with Gasteiger partial charge >= 0.3 is 0 Å². The fraction of sp³-hybridized carbons (Fsp3) is 0. The molecule has 0 radical (unpaired) electrons. The molecule has 0 bridgehead atoms. The lowest BCUT2D eigenvalue weighted by atomic mass is 10.3. The second-order valence-corrected chi connectivity index (χ2v) is 5.47. The number of rotatable bonds is 4. The number of isocyanates is 1. The summed E-state index contributed by atoms with van der Waals surface area (Å²) in [7, 11) is -3.88. The second kappa shape index (κ2) is 5.56. The molecule has 102 valence electrons. The molecule has 0 saturated carbocycles. The topological polar surface area (TPSA) is 95.8 Å². The van der Waals surface area contributed by atoms with Crippen molar-refractivity contribution in [2.24, 2.45) is 4.99 Å².